The summed E-state index contributed by atoms with van der Waals surface area (Å²) in [5.41, 5.74) is 10.7. The quantitative estimate of drug-likeness (QED) is 0.779. The maximum atomic E-state index is 6.22. The van der Waals surface area contributed by atoms with E-state index in [0.717, 1.165) is 36.2 Å². The van der Waals surface area contributed by atoms with E-state index in [2.05, 4.69) is 42.2 Å². The van der Waals surface area contributed by atoms with Gasteiger partial charge < -0.3 is 10.6 Å². The molecule has 2 unspecified atom stereocenters. The van der Waals surface area contributed by atoms with Gasteiger partial charge in [0.15, 0.2) is 0 Å². The molecule has 2 aromatic carbocycles. The Kier molecular flexibility index (Phi) is 5.51. The third-order valence-electron chi connectivity index (χ3n) is 5.95. The third kappa shape index (κ3) is 4.20. The number of rotatable bonds is 4. The van der Waals surface area contributed by atoms with Gasteiger partial charge in [0.1, 0.15) is 5.84 Å². The van der Waals surface area contributed by atoms with Crippen LogP contribution in [0.15, 0.2) is 47.5 Å². The number of aryl methyl sites for hydroxylation is 1. The number of fused-ring (bicyclic) bond motifs is 1. The van der Waals surface area contributed by atoms with Crippen molar-refractivity contribution < 1.29 is 0 Å². The smallest absolute Gasteiger partial charge is 0.136 e. The highest BCUT2D eigenvalue weighted by Gasteiger charge is 2.27. The van der Waals surface area contributed by atoms with E-state index in [-0.39, 0.29) is 0 Å². The zero-order valence-electron chi connectivity index (χ0n) is 16.0. The summed E-state index contributed by atoms with van der Waals surface area (Å²) in [6.45, 7) is 4.87. The van der Waals surface area contributed by atoms with Gasteiger partial charge in [-0.3, -0.25) is 0 Å². The molecule has 2 atom stereocenters. The average Bonchev–Trinajstić information content (AvgIpc) is 2.68. The van der Waals surface area contributed by atoms with Crippen LogP contribution in [0.1, 0.15) is 42.4 Å². The van der Waals surface area contributed by atoms with E-state index >= 15 is 0 Å². The highest BCUT2D eigenvalue weighted by Crippen LogP contribution is 2.34. The van der Waals surface area contributed by atoms with Gasteiger partial charge in [0.05, 0.1) is 5.69 Å². The van der Waals surface area contributed by atoms with E-state index in [9.17, 15) is 0 Å². The molecule has 1 fully saturated rings. The topological polar surface area (TPSA) is 41.6 Å². The van der Waals surface area contributed by atoms with Gasteiger partial charge in [-0.25, -0.2) is 4.99 Å². The monoisotopic (exact) mass is 381 g/mol. The molecule has 0 radical (unpaired) electrons. The molecule has 1 aliphatic carbocycles. The molecular formula is C23H28ClN3. The first kappa shape index (κ1) is 18.5. The lowest BCUT2D eigenvalue weighted by Gasteiger charge is -2.36. The number of hydrogen-bond acceptors (Lipinski definition) is 3. The fraction of sp³-hybridized carbons (Fsp3) is 0.435. The molecule has 4 heteroatoms. The predicted molar refractivity (Wildman–Crippen MR) is 114 cm³/mol. The third-order valence-corrected chi connectivity index (χ3v) is 6.18. The minimum atomic E-state index is 0.680. The molecule has 1 saturated carbocycles. The summed E-state index contributed by atoms with van der Waals surface area (Å²) in [5, 5.41) is 0.743. The highest BCUT2D eigenvalue weighted by molar-refractivity contribution is 6.30. The number of benzene rings is 2. The molecule has 1 aliphatic heterocycles. The molecule has 1 heterocycles. The molecule has 142 valence electrons. The van der Waals surface area contributed by atoms with Crippen LogP contribution in [-0.4, -0.2) is 23.8 Å². The maximum Gasteiger partial charge on any atom is 0.136 e. The molecule has 0 bridgehead atoms. The first-order valence-electron chi connectivity index (χ1n) is 10.0. The van der Waals surface area contributed by atoms with Crippen molar-refractivity contribution in [1.82, 2.24) is 4.90 Å². The maximum absolute atomic E-state index is 6.22. The second-order valence-electron chi connectivity index (χ2n) is 8.09. The summed E-state index contributed by atoms with van der Waals surface area (Å²) in [6, 6.07) is 14.7. The molecule has 4 rings (SSSR count). The van der Waals surface area contributed by atoms with E-state index in [1.54, 1.807) is 0 Å². The molecule has 0 amide bonds. The highest BCUT2D eigenvalue weighted by atomic mass is 35.5. The minimum Gasteiger partial charge on any atom is -0.351 e. The van der Waals surface area contributed by atoms with E-state index in [0.29, 0.717) is 11.8 Å². The number of hydrogen-bond donors (Lipinski definition) is 1. The SMILES string of the molecule is Cc1ccc(C2=Nc3cc(Cl)ccc3CN2CC2CCCC(CN)C2)cc1. The van der Waals surface area contributed by atoms with E-state index in [1.807, 2.05) is 12.1 Å². The second-order valence-corrected chi connectivity index (χ2v) is 8.53. The van der Waals surface area contributed by atoms with Crippen molar-refractivity contribution in [3.05, 3.63) is 64.2 Å². The Balaban J connectivity index is 1.64. The van der Waals surface area contributed by atoms with Gasteiger partial charge in [0.2, 0.25) is 0 Å². The number of nitrogens with two attached hydrogens (primary N) is 1. The lowest BCUT2D eigenvalue weighted by molar-refractivity contribution is 0.221. The van der Waals surface area contributed by atoms with Crippen molar-refractivity contribution >= 4 is 23.1 Å². The van der Waals surface area contributed by atoms with Gasteiger partial charge in [0, 0.05) is 23.7 Å². The minimum absolute atomic E-state index is 0.680. The predicted octanol–water partition coefficient (Wildman–Crippen LogP) is 5.31. The van der Waals surface area contributed by atoms with Gasteiger partial charge in [-0.1, -0.05) is 53.9 Å². The summed E-state index contributed by atoms with van der Waals surface area (Å²) in [5.74, 6) is 2.44. The summed E-state index contributed by atoms with van der Waals surface area (Å²) in [6.07, 6.45) is 5.11. The molecule has 2 N–H and O–H groups in total. The Labute approximate surface area is 167 Å². The summed E-state index contributed by atoms with van der Waals surface area (Å²) in [4.78, 5) is 7.49. The second kappa shape index (κ2) is 8.04. The van der Waals surface area contributed by atoms with Crippen LogP contribution in [0, 0.1) is 18.8 Å². The largest absolute Gasteiger partial charge is 0.351 e. The van der Waals surface area contributed by atoms with Crippen molar-refractivity contribution in [3.8, 4) is 0 Å². The molecule has 2 aliphatic rings. The fourth-order valence-corrected chi connectivity index (χ4v) is 4.60. The Hall–Kier alpha value is -1.84. The molecular weight excluding hydrogens is 354 g/mol. The first-order valence-corrected chi connectivity index (χ1v) is 10.4. The number of nitrogens with zero attached hydrogens (tertiary/aromatic N) is 2. The Morgan fingerprint density at radius 3 is 2.67 bits per heavy atom. The van der Waals surface area contributed by atoms with Crippen LogP contribution in [-0.2, 0) is 6.54 Å². The van der Waals surface area contributed by atoms with Gasteiger partial charge in [0.25, 0.3) is 0 Å². The molecule has 3 nitrogen and oxygen atoms in total. The fourth-order valence-electron chi connectivity index (χ4n) is 4.43. The summed E-state index contributed by atoms with van der Waals surface area (Å²) >= 11 is 6.22. The number of aliphatic imine (C=N–C) groups is 1. The van der Waals surface area contributed by atoms with Crippen LogP contribution in [0.4, 0.5) is 5.69 Å². The lowest BCUT2D eigenvalue weighted by Crippen LogP contribution is -2.39. The molecule has 27 heavy (non-hydrogen) atoms. The lowest BCUT2D eigenvalue weighted by atomic mass is 9.81. The van der Waals surface area contributed by atoms with Gasteiger partial charge in [-0.15, -0.1) is 0 Å². The van der Waals surface area contributed by atoms with Crippen LogP contribution in [0.3, 0.4) is 0 Å². The Bertz CT molecular complexity index is 828. The summed E-state index contributed by atoms with van der Waals surface area (Å²) < 4.78 is 0. The zero-order chi connectivity index (χ0) is 18.8. The first-order chi connectivity index (χ1) is 13.1. The van der Waals surface area contributed by atoms with Crippen molar-refractivity contribution in [2.24, 2.45) is 22.6 Å². The average molecular weight is 382 g/mol. The zero-order valence-corrected chi connectivity index (χ0v) is 16.8. The molecule has 0 saturated heterocycles. The van der Waals surface area contributed by atoms with E-state index in [1.165, 1.54) is 42.4 Å². The van der Waals surface area contributed by atoms with Gasteiger partial charge in [-0.05, 0) is 62.3 Å². The van der Waals surface area contributed by atoms with Crippen LogP contribution >= 0.6 is 11.6 Å². The normalized spacial score (nSPS) is 22.3. The van der Waals surface area contributed by atoms with Crippen molar-refractivity contribution in [3.63, 3.8) is 0 Å². The van der Waals surface area contributed by atoms with E-state index < -0.39 is 0 Å². The number of halogens is 1. The Morgan fingerprint density at radius 2 is 1.89 bits per heavy atom. The molecule has 2 aromatic rings. The van der Waals surface area contributed by atoms with Gasteiger partial charge >= 0.3 is 0 Å². The Morgan fingerprint density at radius 1 is 1.11 bits per heavy atom. The van der Waals surface area contributed by atoms with Gasteiger partial charge in [-0.2, -0.15) is 0 Å². The van der Waals surface area contributed by atoms with Crippen LogP contribution in [0.5, 0.6) is 0 Å². The van der Waals surface area contributed by atoms with E-state index in [4.69, 9.17) is 22.3 Å². The molecule has 0 aromatic heterocycles. The van der Waals surface area contributed by atoms with Crippen LogP contribution < -0.4 is 5.73 Å². The van der Waals surface area contributed by atoms with Crippen molar-refractivity contribution in [2.75, 3.05) is 13.1 Å². The van der Waals surface area contributed by atoms with Crippen molar-refractivity contribution in [2.45, 2.75) is 39.2 Å². The van der Waals surface area contributed by atoms with Crippen LogP contribution in [0.25, 0.3) is 0 Å². The number of amidine groups is 1. The van der Waals surface area contributed by atoms with Crippen molar-refractivity contribution in [1.29, 1.82) is 0 Å². The standard InChI is InChI=1S/C23H28ClN3/c1-16-5-7-19(8-6-16)23-26-22-12-21(24)10-9-20(22)15-27(23)14-18-4-2-3-17(11-18)13-25/h5-10,12,17-18H,2-4,11,13-15,25H2,1H3. The van der Waals surface area contributed by atoms with Crippen LogP contribution in [0.2, 0.25) is 5.02 Å². The molecule has 0 spiro atoms. The summed E-state index contributed by atoms with van der Waals surface area (Å²) in [7, 11) is 0.